The van der Waals surface area contributed by atoms with Crippen molar-refractivity contribution in [1.29, 1.82) is 0 Å². The van der Waals surface area contributed by atoms with Gasteiger partial charge in [-0.3, -0.25) is 4.68 Å². The second-order valence-corrected chi connectivity index (χ2v) is 4.16. The van der Waals surface area contributed by atoms with E-state index in [9.17, 15) is 0 Å². The van der Waals surface area contributed by atoms with Crippen LogP contribution in [0, 0.1) is 0 Å². The normalized spacial score (nSPS) is 10.4. The van der Waals surface area contributed by atoms with Gasteiger partial charge in [0, 0.05) is 18.8 Å². The van der Waals surface area contributed by atoms with E-state index in [0.29, 0.717) is 12.6 Å². The fourth-order valence-electron chi connectivity index (χ4n) is 1.77. The highest BCUT2D eigenvalue weighted by molar-refractivity contribution is 5.85. The average molecular weight is 252 g/mol. The first-order valence-corrected chi connectivity index (χ1v) is 5.55. The standard InChI is InChI=1S/C13H17N3.ClH/c1-10(2)16-13(7-8-15-16)12-5-3-11(9-14)4-6-12;/h3-8,10H,9,14H2,1-2H3;1H. The minimum atomic E-state index is 0. The Morgan fingerprint density at radius 1 is 1.18 bits per heavy atom. The van der Waals surface area contributed by atoms with E-state index in [4.69, 9.17) is 5.73 Å². The summed E-state index contributed by atoms with van der Waals surface area (Å²) in [6.45, 7) is 4.85. The molecule has 0 bridgehead atoms. The van der Waals surface area contributed by atoms with Gasteiger partial charge in [-0.15, -0.1) is 12.4 Å². The van der Waals surface area contributed by atoms with Crippen molar-refractivity contribution in [3.8, 4) is 11.3 Å². The van der Waals surface area contributed by atoms with Gasteiger partial charge in [0.05, 0.1) is 5.69 Å². The molecular formula is C13H18ClN3. The van der Waals surface area contributed by atoms with Gasteiger partial charge in [-0.05, 0) is 31.0 Å². The van der Waals surface area contributed by atoms with Crippen LogP contribution < -0.4 is 5.73 Å². The number of rotatable bonds is 3. The zero-order chi connectivity index (χ0) is 11.5. The summed E-state index contributed by atoms with van der Waals surface area (Å²) in [6.07, 6.45) is 1.84. The Labute approximate surface area is 108 Å². The van der Waals surface area contributed by atoms with Crippen LogP contribution in [0.5, 0.6) is 0 Å². The van der Waals surface area contributed by atoms with Gasteiger partial charge in [0.25, 0.3) is 0 Å². The highest BCUT2D eigenvalue weighted by Gasteiger charge is 2.07. The number of hydrogen-bond donors (Lipinski definition) is 1. The van der Waals surface area contributed by atoms with E-state index < -0.39 is 0 Å². The predicted molar refractivity (Wildman–Crippen MR) is 73.2 cm³/mol. The Bertz CT molecular complexity index is 460. The molecule has 0 saturated heterocycles. The molecule has 0 amide bonds. The van der Waals surface area contributed by atoms with E-state index in [1.165, 1.54) is 5.56 Å². The first-order chi connectivity index (χ1) is 7.72. The largest absolute Gasteiger partial charge is 0.326 e. The molecule has 92 valence electrons. The van der Waals surface area contributed by atoms with Gasteiger partial charge in [0.2, 0.25) is 0 Å². The summed E-state index contributed by atoms with van der Waals surface area (Å²) < 4.78 is 2.03. The van der Waals surface area contributed by atoms with Crippen molar-refractivity contribution < 1.29 is 0 Å². The van der Waals surface area contributed by atoms with E-state index >= 15 is 0 Å². The number of halogens is 1. The molecule has 0 atom stereocenters. The van der Waals surface area contributed by atoms with Gasteiger partial charge in [0.15, 0.2) is 0 Å². The SMILES string of the molecule is CC(C)n1nccc1-c1ccc(CN)cc1.Cl. The van der Waals surface area contributed by atoms with Crippen molar-refractivity contribution in [3.63, 3.8) is 0 Å². The Morgan fingerprint density at radius 3 is 2.35 bits per heavy atom. The third-order valence-electron chi connectivity index (χ3n) is 2.64. The lowest BCUT2D eigenvalue weighted by atomic mass is 10.1. The van der Waals surface area contributed by atoms with Crippen LogP contribution in [0.25, 0.3) is 11.3 Å². The lowest BCUT2D eigenvalue weighted by Gasteiger charge is -2.11. The second-order valence-electron chi connectivity index (χ2n) is 4.16. The number of nitrogens with two attached hydrogens (primary N) is 1. The van der Waals surface area contributed by atoms with Crippen LogP contribution in [0.2, 0.25) is 0 Å². The molecular weight excluding hydrogens is 234 g/mol. The number of hydrogen-bond acceptors (Lipinski definition) is 2. The molecule has 1 heterocycles. The van der Waals surface area contributed by atoms with Crippen molar-refractivity contribution in [2.24, 2.45) is 5.73 Å². The lowest BCUT2D eigenvalue weighted by molar-refractivity contribution is 0.538. The van der Waals surface area contributed by atoms with Crippen LogP contribution >= 0.6 is 12.4 Å². The molecule has 1 aromatic carbocycles. The van der Waals surface area contributed by atoms with Crippen molar-refractivity contribution in [2.45, 2.75) is 26.4 Å². The predicted octanol–water partition coefficient (Wildman–Crippen LogP) is 3.01. The average Bonchev–Trinajstić information content (AvgIpc) is 2.78. The molecule has 4 heteroatoms. The zero-order valence-electron chi connectivity index (χ0n) is 10.1. The first kappa shape index (κ1) is 13.7. The summed E-state index contributed by atoms with van der Waals surface area (Å²) in [4.78, 5) is 0. The Morgan fingerprint density at radius 2 is 1.82 bits per heavy atom. The van der Waals surface area contributed by atoms with Crippen molar-refractivity contribution >= 4 is 12.4 Å². The van der Waals surface area contributed by atoms with E-state index in [2.05, 4.69) is 43.2 Å². The zero-order valence-corrected chi connectivity index (χ0v) is 10.9. The number of aromatic nitrogens is 2. The molecule has 0 aliphatic heterocycles. The summed E-state index contributed by atoms with van der Waals surface area (Å²) in [7, 11) is 0. The van der Waals surface area contributed by atoms with Gasteiger partial charge >= 0.3 is 0 Å². The minimum Gasteiger partial charge on any atom is -0.326 e. The van der Waals surface area contributed by atoms with Gasteiger partial charge < -0.3 is 5.73 Å². The monoisotopic (exact) mass is 251 g/mol. The van der Waals surface area contributed by atoms with Crippen LogP contribution in [-0.4, -0.2) is 9.78 Å². The van der Waals surface area contributed by atoms with E-state index in [1.54, 1.807) is 0 Å². The molecule has 0 saturated carbocycles. The Hall–Kier alpha value is -1.32. The number of benzene rings is 1. The van der Waals surface area contributed by atoms with E-state index in [1.807, 2.05) is 16.9 Å². The molecule has 0 fully saturated rings. The van der Waals surface area contributed by atoms with Gasteiger partial charge in [-0.25, -0.2) is 0 Å². The molecule has 0 aliphatic rings. The van der Waals surface area contributed by atoms with Crippen LogP contribution in [0.4, 0.5) is 0 Å². The van der Waals surface area contributed by atoms with Gasteiger partial charge in [-0.2, -0.15) is 5.10 Å². The molecule has 0 unspecified atom stereocenters. The fraction of sp³-hybridized carbons (Fsp3) is 0.308. The van der Waals surface area contributed by atoms with Crippen LogP contribution in [0.1, 0.15) is 25.5 Å². The van der Waals surface area contributed by atoms with Crippen LogP contribution in [0.3, 0.4) is 0 Å². The molecule has 2 aromatic rings. The van der Waals surface area contributed by atoms with Gasteiger partial charge in [0.1, 0.15) is 0 Å². The Balaban J connectivity index is 0.00000144. The summed E-state index contributed by atoms with van der Waals surface area (Å²) >= 11 is 0. The lowest BCUT2D eigenvalue weighted by Crippen LogP contribution is -2.04. The minimum absolute atomic E-state index is 0. The Kier molecular flexibility index (Phi) is 4.73. The van der Waals surface area contributed by atoms with Crippen molar-refractivity contribution in [3.05, 3.63) is 42.1 Å². The maximum atomic E-state index is 5.58. The molecule has 17 heavy (non-hydrogen) atoms. The van der Waals surface area contributed by atoms with Gasteiger partial charge in [-0.1, -0.05) is 24.3 Å². The maximum Gasteiger partial charge on any atom is 0.0685 e. The molecule has 2 N–H and O–H groups in total. The van der Waals surface area contributed by atoms with E-state index in [0.717, 1.165) is 11.3 Å². The molecule has 0 radical (unpaired) electrons. The molecule has 0 spiro atoms. The van der Waals surface area contributed by atoms with Crippen LogP contribution in [-0.2, 0) is 6.54 Å². The van der Waals surface area contributed by atoms with Crippen LogP contribution in [0.15, 0.2) is 36.5 Å². The highest BCUT2D eigenvalue weighted by Crippen LogP contribution is 2.22. The quantitative estimate of drug-likeness (QED) is 0.911. The summed E-state index contributed by atoms with van der Waals surface area (Å²) in [5.41, 5.74) is 9.07. The summed E-state index contributed by atoms with van der Waals surface area (Å²) in [5, 5.41) is 4.33. The smallest absolute Gasteiger partial charge is 0.0685 e. The second kappa shape index (κ2) is 5.84. The highest BCUT2D eigenvalue weighted by atomic mass is 35.5. The molecule has 1 aromatic heterocycles. The third-order valence-corrected chi connectivity index (χ3v) is 2.64. The molecule has 3 nitrogen and oxygen atoms in total. The molecule has 0 aliphatic carbocycles. The summed E-state index contributed by atoms with van der Waals surface area (Å²) in [6, 6.07) is 10.7. The topological polar surface area (TPSA) is 43.8 Å². The first-order valence-electron chi connectivity index (χ1n) is 5.55. The maximum absolute atomic E-state index is 5.58. The fourth-order valence-corrected chi connectivity index (χ4v) is 1.77. The van der Waals surface area contributed by atoms with Crippen molar-refractivity contribution in [2.75, 3.05) is 0 Å². The summed E-state index contributed by atoms with van der Waals surface area (Å²) in [5.74, 6) is 0. The van der Waals surface area contributed by atoms with Crippen molar-refractivity contribution in [1.82, 2.24) is 9.78 Å². The van der Waals surface area contributed by atoms with E-state index in [-0.39, 0.29) is 12.4 Å². The molecule has 2 rings (SSSR count). The number of nitrogens with zero attached hydrogens (tertiary/aromatic N) is 2. The third kappa shape index (κ3) is 2.87.